The third-order valence-electron chi connectivity index (χ3n) is 8.44. The van der Waals surface area contributed by atoms with Gasteiger partial charge in [0.2, 0.25) is 0 Å². The second-order valence-electron chi connectivity index (χ2n) is 11.3. The number of hydrogen-bond donors (Lipinski definition) is 0. The molecule has 0 saturated carbocycles. The molecule has 0 unspecified atom stereocenters. The fraction of sp³-hybridized carbons (Fsp3) is 0. The number of rotatable bonds is 5. The van der Waals surface area contributed by atoms with E-state index >= 15 is 0 Å². The van der Waals surface area contributed by atoms with Crippen LogP contribution in [0.4, 0.5) is 0 Å². The van der Waals surface area contributed by atoms with Crippen LogP contribution in [0.25, 0.3) is 83.9 Å². The summed E-state index contributed by atoms with van der Waals surface area (Å²) in [5, 5.41) is 3.31. The Labute approximate surface area is 265 Å². The van der Waals surface area contributed by atoms with E-state index < -0.39 is 0 Å². The van der Waals surface area contributed by atoms with E-state index in [-0.39, 0.29) is 0 Å². The number of aromatic nitrogens is 4. The summed E-state index contributed by atoms with van der Waals surface area (Å²) in [5.41, 5.74) is 7.94. The van der Waals surface area contributed by atoms with E-state index in [1.54, 1.807) is 0 Å². The van der Waals surface area contributed by atoms with E-state index in [1.807, 2.05) is 78.9 Å². The molecule has 0 N–H and O–H groups in total. The first-order valence-electron chi connectivity index (χ1n) is 15.3. The Balaban J connectivity index is 1.24. The number of hydrogen-bond acceptors (Lipinski definition) is 4. The van der Waals surface area contributed by atoms with Crippen LogP contribution in [-0.4, -0.2) is 19.5 Å². The summed E-state index contributed by atoms with van der Waals surface area (Å²) in [6, 6.07) is 53.8. The van der Waals surface area contributed by atoms with Gasteiger partial charge in [0.25, 0.3) is 0 Å². The summed E-state index contributed by atoms with van der Waals surface area (Å²) in [7, 11) is 0. The molecular formula is C41H26N4O. The van der Waals surface area contributed by atoms with Crippen LogP contribution in [0.2, 0.25) is 0 Å². The zero-order valence-corrected chi connectivity index (χ0v) is 24.7. The largest absolute Gasteiger partial charge is 0.455 e. The molecule has 6 aromatic carbocycles. The number of benzene rings is 6. The van der Waals surface area contributed by atoms with Crippen molar-refractivity contribution in [2.75, 3.05) is 0 Å². The van der Waals surface area contributed by atoms with Crippen LogP contribution in [0.5, 0.6) is 0 Å². The summed E-state index contributed by atoms with van der Waals surface area (Å²) >= 11 is 0. The standard InChI is InChI=1S/C41H26N4O/c1-4-13-27(14-5-1)36-26-30-23-24-35-37(38(30)46-36)33-21-10-11-22-34(33)45(35)32-20-12-19-31(25-32)41-43-39(28-15-6-2-7-16-28)42-40(44-41)29-17-8-3-9-18-29/h1-26H. The Morgan fingerprint density at radius 2 is 1.00 bits per heavy atom. The highest BCUT2D eigenvalue weighted by atomic mass is 16.3. The van der Waals surface area contributed by atoms with Crippen LogP contribution < -0.4 is 0 Å². The maximum atomic E-state index is 6.59. The second kappa shape index (κ2) is 10.7. The molecule has 0 radical (unpaired) electrons. The predicted molar refractivity (Wildman–Crippen MR) is 186 cm³/mol. The van der Waals surface area contributed by atoms with E-state index in [2.05, 4.69) is 83.4 Å². The van der Waals surface area contributed by atoms with E-state index in [4.69, 9.17) is 19.4 Å². The normalized spacial score (nSPS) is 11.5. The van der Waals surface area contributed by atoms with Gasteiger partial charge in [-0.2, -0.15) is 0 Å². The van der Waals surface area contributed by atoms with Crippen LogP contribution in [0, 0.1) is 0 Å². The molecular weight excluding hydrogens is 564 g/mol. The molecule has 46 heavy (non-hydrogen) atoms. The number of fused-ring (bicyclic) bond motifs is 5. The molecule has 216 valence electrons. The molecule has 0 aliphatic heterocycles. The van der Waals surface area contributed by atoms with Crippen molar-refractivity contribution in [2.24, 2.45) is 0 Å². The maximum absolute atomic E-state index is 6.59. The van der Waals surface area contributed by atoms with Crippen molar-refractivity contribution in [3.8, 4) is 51.2 Å². The van der Waals surface area contributed by atoms with Gasteiger partial charge < -0.3 is 8.98 Å². The molecule has 9 rings (SSSR count). The molecule has 5 heteroatoms. The van der Waals surface area contributed by atoms with Crippen LogP contribution >= 0.6 is 0 Å². The summed E-state index contributed by atoms with van der Waals surface area (Å²) in [6.45, 7) is 0. The molecule has 3 heterocycles. The van der Waals surface area contributed by atoms with Crippen molar-refractivity contribution in [2.45, 2.75) is 0 Å². The first kappa shape index (κ1) is 26.1. The molecule has 0 saturated heterocycles. The van der Waals surface area contributed by atoms with Gasteiger partial charge in [-0.1, -0.05) is 121 Å². The Morgan fingerprint density at radius 1 is 0.435 bits per heavy atom. The van der Waals surface area contributed by atoms with Crippen molar-refractivity contribution in [1.29, 1.82) is 0 Å². The lowest BCUT2D eigenvalue weighted by atomic mass is 10.1. The van der Waals surface area contributed by atoms with E-state index in [9.17, 15) is 0 Å². The molecule has 0 spiro atoms. The van der Waals surface area contributed by atoms with Crippen molar-refractivity contribution < 1.29 is 4.42 Å². The zero-order valence-electron chi connectivity index (χ0n) is 24.7. The van der Waals surface area contributed by atoms with Crippen LogP contribution in [-0.2, 0) is 0 Å². The average molecular weight is 591 g/mol. The van der Waals surface area contributed by atoms with E-state index in [0.717, 1.165) is 66.5 Å². The Bertz CT molecular complexity index is 2460. The minimum Gasteiger partial charge on any atom is -0.455 e. The maximum Gasteiger partial charge on any atom is 0.164 e. The van der Waals surface area contributed by atoms with Crippen molar-refractivity contribution in [1.82, 2.24) is 19.5 Å². The fourth-order valence-electron chi connectivity index (χ4n) is 6.29. The van der Waals surface area contributed by atoms with Gasteiger partial charge in [0.05, 0.1) is 16.4 Å². The number of para-hydroxylation sites is 1. The molecule has 5 nitrogen and oxygen atoms in total. The van der Waals surface area contributed by atoms with Gasteiger partial charge in [-0.05, 0) is 36.4 Å². The van der Waals surface area contributed by atoms with Crippen molar-refractivity contribution >= 4 is 32.8 Å². The summed E-state index contributed by atoms with van der Waals surface area (Å²) in [6.07, 6.45) is 0. The topological polar surface area (TPSA) is 56.7 Å². The van der Waals surface area contributed by atoms with Gasteiger partial charge in [0.1, 0.15) is 11.3 Å². The monoisotopic (exact) mass is 590 g/mol. The molecule has 0 aliphatic rings. The predicted octanol–water partition coefficient (Wildman–Crippen LogP) is 10.4. The fourth-order valence-corrected chi connectivity index (χ4v) is 6.29. The Hall–Kier alpha value is -6.33. The minimum absolute atomic E-state index is 0.622. The highest BCUT2D eigenvalue weighted by Crippen LogP contribution is 2.40. The quantitative estimate of drug-likeness (QED) is 0.200. The van der Waals surface area contributed by atoms with Crippen LogP contribution in [0.3, 0.4) is 0 Å². The first-order valence-corrected chi connectivity index (χ1v) is 15.3. The third-order valence-corrected chi connectivity index (χ3v) is 8.44. The third kappa shape index (κ3) is 4.37. The number of nitrogens with zero attached hydrogens (tertiary/aromatic N) is 4. The summed E-state index contributed by atoms with van der Waals surface area (Å²) < 4.78 is 8.89. The second-order valence-corrected chi connectivity index (χ2v) is 11.3. The van der Waals surface area contributed by atoms with Crippen LogP contribution in [0.1, 0.15) is 0 Å². The van der Waals surface area contributed by atoms with Gasteiger partial charge in [-0.3, -0.25) is 0 Å². The van der Waals surface area contributed by atoms with Gasteiger partial charge in [0.15, 0.2) is 17.5 Å². The summed E-state index contributed by atoms with van der Waals surface area (Å²) in [4.78, 5) is 14.8. The smallest absolute Gasteiger partial charge is 0.164 e. The molecule has 0 amide bonds. The van der Waals surface area contributed by atoms with Crippen LogP contribution in [0.15, 0.2) is 162 Å². The highest BCUT2D eigenvalue weighted by molar-refractivity contribution is 6.20. The van der Waals surface area contributed by atoms with Crippen molar-refractivity contribution in [3.05, 3.63) is 158 Å². The highest BCUT2D eigenvalue weighted by Gasteiger charge is 2.19. The SMILES string of the molecule is c1ccc(-c2nc(-c3ccccc3)nc(-c3cccc(-n4c5ccccc5c5c6oc(-c7ccccc7)cc6ccc54)c3)n2)cc1. The lowest BCUT2D eigenvalue weighted by molar-refractivity contribution is 0.635. The molecule has 3 aromatic heterocycles. The van der Waals surface area contributed by atoms with Crippen molar-refractivity contribution in [3.63, 3.8) is 0 Å². The lowest BCUT2D eigenvalue weighted by Gasteiger charge is -2.11. The molecule has 0 fully saturated rings. The first-order chi connectivity index (χ1) is 22.8. The molecule has 0 atom stereocenters. The zero-order chi connectivity index (χ0) is 30.5. The average Bonchev–Trinajstić information content (AvgIpc) is 3.72. The van der Waals surface area contributed by atoms with Gasteiger partial charge in [-0.15, -0.1) is 0 Å². The molecule has 0 aliphatic carbocycles. The minimum atomic E-state index is 0.622. The lowest BCUT2D eigenvalue weighted by Crippen LogP contribution is -2.01. The van der Waals surface area contributed by atoms with Gasteiger partial charge in [-0.25, -0.2) is 15.0 Å². The summed E-state index contributed by atoms with van der Waals surface area (Å²) in [5.74, 6) is 2.76. The molecule has 0 bridgehead atoms. The Morgan fingerprint density at radius 3 is 1.67 bits per heavy atom. The Kier molecular flexibility index (Phi) is 6.06. The van der Waals surface area contributed by atoms with E-state index in [1.165, 1.54) is 0 Å². The van der Waals surface area contributed by atoms with Gasteiger partial charge in [0, 0.05) is 38.7 Å². The van der Waals surface area contributed by atoms with E-state index in [0.29, 0.717) is 17.5 Å². The number of furan rings is 1. The van der Waals surface area contributed by atoms with Gasteiger partial charge >= 0.3 is 0 Å². The molecule has 9 aromatic rings.